The van der Waals surface area contributed by atoms with Crippen LogP contribution in [0.15, 0.2) is 34.9 Å². The molecule has 0 radical (unpaired) electrons. The smallest absolute Gasteiger partial charge is 0.257 e. The van der Waals surface area contributed by atoms with Gasteiger partial charge in [-0.25, -0.2) is 0 Å². The molecule has 0 aliphatic heterocycles. The van der Waals surface area contributed by atoms with Crippen LogP contribution in [0.4, 0.5) is 0 Å². The lowest BCUT2D eigenvalue weighted by atomic mass is 10.0. The number of likely N-dealkylation sites (N-methyl/N-ethyl adjacent to an activating group) is 1. The van der Waals surface area contributed by atoms with E-state index in [1.54, 1.807) is 0 Å². The molecule has 1 aromatic heterocycles. The first kappa shape index (κ1) is 11.4. The average molecular weight is 243 g/mol. The highest BCUT2D eigenvalue weighted by Gasteiger charge is 2.31. The molecule has 1 N–H and O–H groups in total. The number of benzene rings is 1. The van der Waals surface area contributed by atoms with E-state index in [0.717, 1.165) is 17.8 Å². The van der Waals surface area contributed by atoms with Crippen LogP contribution in [-0.4, -0.2) is 23.2 Å². The maximum absolute atomic E-state index is 5.37. The quantitative estimate of drug-likeness (QED) is 0.900. The molecular weight excluding hydrogens is 226 g/mol. The fraction of sp³-hybridized carbons (Fsp3) is 0.429. The van der Waals surface area contributed by atoms with Gasteiger partial charge in [-0.05, 0) is 32.0 Å². The second-order valence-electron chi connectivity index (χ2n) is 4.76. The summed E-state index contributed by atoms with van der Waals surface area (Å²) < 4.78 is 5.37. The maximum Gasteiger partial charge on any atom is 0.257 e. The van der Waals surface area contributed by atoms with Crippen molar-refractivity contribution in [2.24, 2.45) is 0 Å². The Balaban J connectivity index is 1.86. The largest absolute Gasteiger partial charge is 0.334 e. The minimum Gasteiger partial charge on any atom is -0.334 e. The molecule has 0 bridgehead atoms. The van der Waals surface area contributed by atoms with Gasteiger partial charge in [-0.1, -0.05) is 29.8 Å². The van der Waals surface area contributed by atoms with Crippen molar-refractivity contribution in [2.45, 2.75) is 31.2 Å². The van der Waals surface area contributed by atoms with Crippen molar-refractivity contribution in [3.05, 3.63) is 36.2 Å². The van der Waals surface area contributed by atoms with Crippen molar-refractivity contribution >= 4 is 0 Å². The summed E-state index contributed by atoms with van der Waals surface area (Å²) in [5, 5.41) is 7.49. The molecule has 0 unspecified atom stereocenters. The molecule has 0 amide bonds. The summed E-state index contributed by atoms with van der Waals surface area (Å²) in [6, 6.07) is 10.4. The summed E-state index contributed by atoms with van der Waals surface area (Å²) in [7, 11) is 2.00. The monoisotopic (exact) mass is 243 g/mol. The van der Waals surface area contributed by atoms with E-state index in [1.165, 1.54) is 12.8 Å². The molecule has 3 rings (SSSR count). The maximum atomic E-state index is 5.37. The van der Waals surface area contributed by atoms with Crippen LogP contribution in [0.2, 0.25) is 0 Å². The van der Waals surface area contributed by atoms with Crippen LogP contribution in [0.25, 0.3) is 11.5 Å². The molecule has 4 nitrogen and oxygen atoms in total. The minimum atomic E-state index is 0.385. The van der Waals surface area contributed by atoms with Crippen LogP contribution in [0.1, 0.15) is 31.0 Å². The third-order valence-corrected chi connectivity index (χ3v) is 3.68. The van der Waals surface area contributed by atoms with E-state index in [2.05, 4.69) is 15.5 Å². The van der Waals surface area contributed by atoms with Crippen molar-refractivity contribution < 1.29 is 4.52 Å². The molecule has 1 aliphatic carbocycles. The first-order chi connectivity index (χ1) is 8.88. The van der Waals surface area contributed by atoms with Gasteiger partial charge in [-0.15, -0.1) is 0 Å². The highest BCUT2D eigenvalue weighted by atomic mass is 16.5. The van der Waals surface area contributed by atoms with Crippen molar-refractivity contribution in [2.75, 3.05) is 7.05 Å². The Kier molecular flexibility index (Phi) is 3.11. The number of hydrogen-bond acceptors (Lipinski definition) is 4. The topological polar surface area (TPSA) is 51.0 Å². The Labute approximate surface area is 106 Å². The lowest BCUT2D eigenvalue weighted by molar-refractivity contribution is 0.406. The zero-order valence-corrected chi connectivity index (χ0v) is 10.5. The van der Waals surface area contributed by atoms with Crippen LogP contribution in [0.5, 0.6) is 0 Å². The molecular formula is C14H17N3O. The van der Waals surface area contributed by atoms with Crippen molar-refractivity contribution in [1.82, 2.24) is 15.5 Å². The van der Waals surface area contributed by atoms with E-state index >= 15 is 0 Å². The first-order valence-corrected chi connectivity index (χ1v) is 6.45. The number of nitrogens with one attached hydrogen (secondary N) is 1. The van der Waals surface area contributed by atoms with Gasteiger partial charge in [0.25, 0.3) is 5.89 Å². The van der Waals surface area contributed by atoms with E-state index in [0.29, 0.717) is 17.9 Å². The Morgan fingerprint density at radius 2 is 2.06 bits per heavy atom. The molecule has 1 fully saturated rings. The first-order valence-electron chi connectivity index (χ1n) is 6.45. The Bertz CT molecular complexity index is 509. The standard InChI is InChI=1S/C14H17N3O/c1-15-12-9-5-8-11(12)13-16-14(18-17-13)10-6-3-2-4-7-10/h2-4,6-7,11-12,15H,5,8-9H2,1H3/t11-,12-/m0/s1. The molecule has 2 aromatic rings. The summed E-state index contributed by atoms with van der Waals surface area (Å²) in [6.45, 7) is 0. The summed E-state index contributed by atoms with van der Waals surface area (Å²) in [5.74, 6) is 1.84. The molecule has 1 aliphatic rings. The summed E-state index contributed by atoms with van der Waals surface area (Å²) in [5.41, 5.74) is 0.982. The number of hydrogen-bond donors (Lipinski definition) is 1. The molecule has 0 spiro atoms. The van der Waals surface area contributed by atoms with E-state index in [9.17, 15) is 0 Å². The van der Waals surface area contributed by atoms with Crippen LogP contribution in [-0.2, 0) is 0 Å². The summed E-state index contributed by atoms with van der Waals surface area (Å²) in [4.78, 5) is 4.54. The predicted octanol–water partition coefficient (Wildman–Crippen LogP) is 2.59. The lowest BCUT2D eigenvalue weighted by Gasteiger charge is -2.14. The molecule has 1 heterocycles. The van der Waals surface area contributed by atoms with E-state index < -0.39 is 0 Å². The van der Waals surface area contributed by atoms with Gasteiger partial charge in [0.2, 0.25) is 0 Å². The van der Waals surface area contributed by atoms with Crippen LogP contribution in [0.3, 0.4) is 0 Å². The van der Waals surface area contributed by atoms with Gasteiger partial charge in [0.1, 0.15) is 0 Å². The Hall–Kier alpha value is -1.68. The molecule has 94 valence electrons. The fourth-order valence-electron chi connectivity index (χ4n) is 2.70. The van der Waals surface area contributed by atoms with Gasteiger partial charge in [-0.2, -0.15) is 4.98 Å². The van der Waals surface area contributed by atoms with Gasteiger partial charge in [-0.3, -0.25) is 0 Å². The van der Waals surface area contributed by atoms with Gasteiger partial charge in [0.15, 0.2) is 5.82 Å². The highest BCUT2D eigenvalue weighted by Crippen LogP contribution is 2.33. The fourth-order valence-corrected chi connectivity index (χ4v) is 2.70. The van der Waals surface area contributed by atoms with Gasteiger partial charge >= 0.3 is 0 Å². The third-order valence-electron chi connectivity index (χ3n) is 3.68. The van der Waals surface area contributed by atoms with Crippen molar-refractivity contribution in [1.29, 1.82) is 0 Å². The molecule has 1 saturated carbocycles. The van der Waals surface area contributed by atoms with Crippen LogP contribution in [0, 0.1) is 0 Å². The second-order valence-corrected chi connectivity index (χ2v) is 4.76. The summed E-state index contributed by atoms with van der Waals surface area (Å²) >= 11 is 0. The van der Waals surface area contributed by atoms with Gasteiger partial charge in [0.05, 0.1) is 0 Å². The molecule has 4 heteroatoms. The van der Waals surface area contributed by atoms with Crippen LogP contribution >= 0.6 is 0 Å². The van der Waals surface area contributed by atoms with Crippen molar-refractivity contribution in [3.63, 3.8) is 0 Å². The van der Waals surface area contributed by atoms with Gasteiger partial charge < -0.3 is 9.84 Å². The molecule has 0 saturated heterocycles. The molecule has 18 heavy (non-hydrogen) atoms. The number of nitrogens with zero attached hydrogens (tertiary/aromatic N) is 2. The molecule has 1 aromatic carbocycles. The van der Waals surface area contributed by atoms with E-state index in [1.807, 2.05) is 37.4 Å². The molecule has 2 atom stereocenters. The lowest BCUT2D eigenvalue weighted by Crippen LogP contribution is -2.28. The zero-order valence-electron chi connectivity index (χ0n) is 10.5. The second kappa shape index (κ2) is 4.90. The zero-order chi connectivity index (χ0) is 12.4. The number of rotatable bonds is 3. The normalized spacial score (nSPS) is 23.4. The van der Waals surface area contributed by atoms with Crippen molar-refractivity contribution in [3.8, 4) is 11.5 Å². The third kappa shape index (κ3) is 2.04. The van der Waals surface area contributed by atoms with E-state index in [-0.39, 0.29) is 0 Å². The van der Waals surface area contributed by atoms with Gasteiger partial charge in [0, 0.05) is 17.5 Å². The van der Waals surface area contributed by atoms with Crippen LogP contribution < -0.4 is 5.32 Å². The highest BCUT2D eigenvalue weighted by molar-refractivity contribution is 5.52. The SMILES string of the molecule is CN[C@H]1CCC[C@@H]1c1noc(-c2ccccc2)n1. The minimum absolute atomic E-state index is 0.385. The average Bonchev–Trinajstić information content (AvgIpc) is 3.08. The Morgan fingerprint density at radius 3 is 2.83 bits per heavy atom. The van der Waals surface area contributed by atoms with E-state index in [4.69, 9.17) is 4.52 Å². The number of aromatic nitrogens is 2. The summed E-state index contributed by atoms with van der Waals surface area (Å²) in [6.07, 6.45) is 3.56. The predicted molar refractivity (Wildman–Crippen MR) is 69.2 cm³/mol. The Morgan fingerprint density at radius 1 is 1.22 bits per heavy atom.